The van der Waals surface area contributed by atoms with Crippen LogP contribution in [-0.4, -0.2) is 67.8 Å². The van der Waals surface area contributed by atoms with Crippen LogP contribution in [-0.2, 0) is 25.1 Å². The van der Waals surface area contributed by atoms with Gasteiger partial charge >= 0.3 is 10.2 Å². The number of sulfonamides is 1. The van der Waals surface area contributed by atoms with E-state index in [1.165, 1.54) is 20.2 Å². The normalized spacial score (nSPS) is 13.3. The first-order chi connectivity index (χ1) is 13.8. The van der Waals surface area contributed by atoms with Gasteiger partial charge in [-0.1, -0.05) is 28.4 Å². The molecule has 0 saturated heterocycles. The molecule has 1 N–H and O–H groups in total. The number of nitrogens with one attached hydrogen (secondary N) is 1. The Morgan fingerprint density at radius 1 is 1.27 bits per heavy atom. The Hall–Kier alpha value is -1.77. The van der Waals surface area contributed by atoms with E-state index in [9.17, 15) is 16.8 Å². The predicted molar refractivity (Wildman–Crippen MR) is 112 cm³/mol. The van der Waals surface area contributed by atoms with Gasteiger partial charge in [-0.2, -0.15) is 12.7 Å². The zero-order chi connectivity index (χ0) is 22.7. The first kappa shape index (κ1) is 24.5. The van der Waals surface area contributed by atoms with Gasteiger partial charge in [0.25, 0.3) is 15.2 Å². The lowest BCUT2D eigenvalue weighted by Gasteiger charge is -2.11. The fraction of sp³-hybridized carbons (Fsp3) is 0.400. The molecule has 2 aromatic rings. The monoisotopic (exact) mass is 498 g/mol. The quantitative estimate of drug-likeness (QED) is 0.406. The lowest BCUT2D eigenvalue weighted by atomic mass is 10.1. The van der Waals surface area contributed by atoms with Gasteiger partial charge in [0.15, 0.2) is 0 Å². The van der Waals surface area contributed by atoms with E-state index >= 15 is 0 Å². The maximum Gasteiger partial charge on any atom is 0.323 e. The molecule has 11 nitrogen and oxygen atoms in total. The Bertz CT molecular complexity index is 1150. The minimum atomic E-state index is -4.27. The number of oxime groups is 1. The number of rotatable bonds is 9. The molecule has 0 aliphatic heterocycles. The molecule has 1 aromatic heterocycles. The predicted octanol–water partition coefficient (Wildman–Crippen LogP) is 1.35. The summed E-state index contributed by atoms with van der Waals surface area (Å²) >= 11 is 12.1. The molecule has 166 valence electrons. The van der Waals surface area contributed by atoms with Gasteiger partial charge < -0.3 is 4.84 Å². The number of aromatic nitrogens is 3. The Balaban J connectivity index is 2.30. The third-order valence-corrected chi connectivity index (χ3v) is 6.75. The van der Waals surface area contributed by atoms with Crippen molar-refractivity contribution in [1.82, 2.24) is 23.2 Å². The van der Waals surface area contributed by atoms with Crippen LogP contribution in [0.3, 0.4) is 0 Å². The summed E-state index contributed by atoms with van der Waals surface area (Å²) in [6, 6.07) is 4.61. The molecule has 30 heavy (non-hydrogen) atoms. The lowest BCUT2D eigenvalue weighted by molar-refractivity contribution is 0.0858. The number of hydrogen-bond acceptors (Lipinski definition) is 8. The summed E-state index contributed by atoms with van der Waals surface area (Å²) < 4.78 is 52.8. The van der Waals surface area contributed by atoms with Crippen molar-refractivity contribution in [3.05, 3.63) is 40.1 Å². The van der Waals surface area contributed by atoms with Crippen LogP contribution in [0.2, 0.25) is 10.0 Å². The summed E-state index contributed by atoms with van der Waals surface area (Å²) in [5.74, 6) is 0. The highest BCUT2D eigenvalue weighted by molar-refractivity contribution is 7.89. The average Bonchev–Trinajstić information content (AvgIpc) is 3.14. The maximum atomic E-state index is 12.5. The average molecular weight is 499 g/mol. The van der Waals surface area contributed by atoms with Gasteiger partial charge in [0.1, 0.15) is 18.1 Å². The number of hydrogen-bond donors (Lipinski definition) is 1. The molecule has 0 fully saturated rings. The highest BCUT2D eigenvalue weighted by Gasteiger charge is 2.25. The molecule has 2 rings (SSSR count). The van der Waals surface area contributed by atoms with E-state index in [2.05, 4.69) is 20.0 Å². The van der Waals surface area contributed by atoms with E-state index in [1.807, 2.05) is 0 Å². The number of halogens is 2. The molecular formula is C15H20Cl2N6O5S2. The zero-order valence-electron chi connectivity index (χ0n) is 16.4. The van der Waals surface area contributed by atoms with Crippen LogP contribution in [0, 0.1) is 0 Å². The minimum absolute atomic E-state index is 0.175. The van der Waals surface area contributed by atoms with E-state index in [-0.39, 0.29) is 23.4 Å². The Morgan fingerprint density at radius 2 is 1.93 bits per heavy atom. The molecule has 1 heterocycles. The van der Waals surface area contributed by atoms with Crippen molar-refractivity contribution in [2.45, 2.75) is 25.1 Å². The van der Waals surface area contributed by atoms with Crippen molar-refractivity contribution in [2.24, 2.45) is 5.16 Å². The third kappa shape index (κ3) is 5.89. The zero-order valence-corrected chi connectivity index (χ0v) is 19.6. The SMILES string of the molecule is CC(C)O/N=C(\CNS(=O)(=O)c1ncn(S(=O)(=O)N(C)C)n1)c1ccc(Cl)cc1Cl. The Morgan fingerprint density at radius 3 is 2.50 bits per heavy atom. The van der Waals surface area contributed by atoms with Gasteiger partial charge in [-0.05, 0) is 32.0 Å². The van der Waals surface area contributed by atoms with Crippen LogP contribution in [0.5, 0.6) is 0 Å². The van der Waals surface area contributed by atoms with E-state index in [0.717, 1.165) is 10.6 Å². The van der Waals surface area contributed by atoms with Crippen molar-refractivity contribution < 1.29 is 21.7 Å². The minimum Gasteiger partial charge on any atom is -0.393 e. The van der Waals surface area contributed by atoms with Crippen LogP contribution < -0.4 is 4.72 Å². The molecule has 1 aromatic carbocycles. The summed E-state index contributed by atoms with van der Waals surface area (Å²) in [4.78, 5) is 8.80. The molecule has 0 atom stereocenters. The van der Waals surface area contributed by atoms with Crippen LogP contribution >= 0.6 is 23.2 Å². The fourth-order valence-electron chi connectivity index (χ4n) is 1.93. The second-order valence-electron chi connectivity index (χ2n) is 6.33. The van der Waals surface area contributed by atoms with Gasteiger partial charge in [-0.25, -0.2) is 18.1 Å². The third-order valence-electron chi connectivity index (χ3n) is 3.43. The number of benzene rings is 1. The summed E-state index contributed by atoms with van der Waals surface area (Å²) in [6.45, 7) is 3.17. The molecule has 15 heteroatoms. The molecular weight excluding hydrogens is 479 g/mol. The van der Waals surface area contributed by atoms with Gasteiger partial charge in [-0.15, -0.1) is 9.19 Å². The molecule has 0 unspecified atom stereocenters. The lowest BCUT2D eigenvalue weighted by Crippen LogP contribution is -2.32. The Kier molecular flexibility index (Phi) is 7.82. The molecule has 0 spiro atoms. The van der Waals surface area contributed by atoms with Crippen molar-refractivity contribution in [2.75, 3.05) is 20.6 Å². The smallest absolute Gasteiger partial charge is 0.323 e. The highest BCUT2D eigenvalue weighted by atomic mass is 35.5. The number of nitrogens with zero attached hydrogens (tertiary/aromatic N) is 5. The fourth-order valence-corrected chi connectivity index (χ4v) is 4.02. The van der Waals surface area contributed by atoms with Gasteiger partial charge in [0.2, 0.25) is 0 Å². The summed E-state index contributed by atoms with van der Waals surface area (Å²) in [7, 11) is -5.73. The van der Waals surface area contributed by atoms with Crippen molar-refractivity contribution in [3.63, 3.8) is 0 Å². The Labute approximate surface area is 184 Å². The van der Waals surface area contributed by atoms with Gasteiger partial charge in [0, 0.05) is 24.7 Å². The molecule has 0 bridgehead atoms. The van der Waals surface area contributed by atoms with Crippen molar-refractivity contribution >= 4 is 49.1 Å². The van der Waals surface area contributed by atoms with Gasteiger partial charge in [0.05, 0.1) is 11.6 Å². The van der Waals surface area contributed by atoms with E-state index in [4.69, 9.17) is 28.0 Å². The second-order valence-corrected chi connectivity index (χ2v) is 10.8. The summed E-state index contributed by atoms with van der Waals surface area (Å²) in [6.07, 6.45) is 0.521. The van der Waals surface area contributed by atoms with Gasteiger partial charge in [-0.3, -0.25) is 0 Å². The van der Waals surface area contributed by atoms with Crippen LogP contribution in [0.25, 0.3) is 0 Å². The van der Waals surface area contributed by atoms with E-state index in [1.54, 1.807) is 26.0 Å². The summed E-state index contributed by atoms with van der Waals surface area (Å²) in [5.41, 5.74) is 0.576. The van der Waals surface area contributed by atoms with E-state index < -0.39 is 25.4 Å². The van der Waals surface area contributed by atoms with Crippen LogP contribution in [0.4, 0.5) is 0 Å². The molecule has 0 saturated carbocycles. The second kappa shape index (κ2) is 9.58. The molecule has 0 aliphatic carbocycles. The summed E-state index contributed by atoms with van der Waals surface area (Å²) in [5, 5.41) is 7.42. The topological polar surface area (TPSA) is 136 Å². The molecule has 0 aliphatic rings. The standard InChI is InChI=1S/C15H20Cl2N6O5S2/c1-10(2)28-21-14(12-6-5-11(16)7-13(12)17)8-19-29(24,25)15-18-9-23(20-15)30(26,27)22(3)4/h5-7,9-10,19H,8H2,1-4H3/b21-14+. The first-order valence-electron chi connectivity index (χ1n) is 8.37. The van der Waals surface area contributed by atoms with Crippen LogP contribution in [0.1, 0.15) is 19.4 Å². The first-order valence-corrected chi connectivity index (χ1v) is 12.0. The van der Waals surface area contributed by atoms with E-state index in [0.29, 0.717) is 14.7 Å². The highest BCUT2D eigenvalue weighted by Crippen LogP contribution is 2.22. The van der Waals surface area contributed by atoms with Crippen molar-refractivity contribution in [3.8, 4) is 0 Å². The van der Waals surface area contributed by atoms with Crippen molar-refractivity contribution in [1.29, 1.82) is 0 Å². The van der Waals surface area contributed by atoms with Crippen LogP contribution in [0.15, 0.2) is 34.8 Å². The molecule has 0 radical (unpaired) electrons. The maximum absolute atomic E-state index is 12.5. The molecule has 0 amide bonds. The largest absolute Gasteiger partial charge is 0.393 e.